The van der Waals surface area contributed by atoms with Gasteiger partial charge in [-0.05, 0) is 19.8 Å². The number of Topliss-reactive ketones (excluding diaryl/α,β-unsaturated/α-hetero) is 1. The van der Waals surface area contributed by atoms with Gasteiger partial charge in [-0.15, -0.1) is 0 Å². The average molecular weight is 227 g/mol. The molecule has 0 radical (unpaired) electrons. The Morgan fingerprint density at radius 1 is 1.31 bits per heavy atom. The molecule has 1 aliphatic rings. The number of ketones is 1. The molecule has 2 atom stereocenters. The molecule has 1 saturated heterocycles. The first kappa shape index (κ1) is 13.2. The third kappa shape index (κ3) is 3.59. The molecule has 1 heterocycles. The molecule has 0 aliphatic carbocycles. The Bertz CT molecular complexity index is 280. The molecule has 1 fully saturated rings. The first-order valence-electron chi connectivity index (χ1n) is 5.77. The van der Waals surface area contributed by atoms with Gasteiger partial charge in [-0.1, -0.05) is 20.8 Å². The van der Waals surface area contributed by atoms with Crippen molar-refractivity contribution in [2.75, 3.05) is 6.54 Å². The van der Waals surface area contributed by atoms with E-state index in [1.165, 1.54) is 0 Å². The number of nitrogens with one attached hydrogen (secondary N) is 1. The van der Waals surface area contributed by atoms with Gasteiger partial charge in [0.15, 0.2) is 5.78 Å². The van der Waals surface area contributed by atoms with Crippen LogP contribution in [0, 0.1) is 5.41 Å². The zero-order valence-corrected chi connectivity index (χ0v) is 10.5. The van der Waals surface area contributed by atoms with Crippen LogP contribution in [0.3, 0.4) is 0 Å². The van der Waals surface area contributed by atoms with Crippen LogP contribution in [0.25, 0.3) is 0 Å². The van der Waals surface area contributed by atoms with Crippen LogP contribution in [0.1, 0.15) is 40.5 Å². The lowest BCUT2D eigenvalue weighted by molar-refractivity contribution is -0.134. The minimum absolute atomic E-state index is 0.0342. The third-order valence-electron chi connectivity index (χ3n) is 2.78. The number of carbonyl (C=O) groups is 2. The summed E-state index contributed by atoms with van der Waals surface area (Å²) in [5, 5.41) is 2.64. The van der Waals surface area contributed by atoms with Gasteiger partial charge in [0.05, 0.1) is 12.6 Å². The Kier molecular flexibility index (Phi) is 4.08. The van der Waals surface area contributed by atoms with Crippen molar-refractivity contribution in [3.05, 3.63) is 0 Å². The van der Waals surface area contributed by atoms with Crippen molar-refractivity contribution in [1.29, 1.82) is 0 Å². The summed E-state index contributed by atoms with van der Waals surface area (Å²) >= 11 is 0. The molecule has 1 amide bonds. The summed E-state index contributed by atoms with van der Waals surface area (Å²) in [6.07, 6.45) is 1.43. The van der Waals surface area contributed by atoms with Crippen molar-refractivity contribution in [2.24, 2.45) is 5.41 Å². The molecule has 16 heavy (non-hydrogen) atoms. The summed E-state index contributed by atoms with van der Waals surface area (Å²) < 4.78 is 5.42. The molecule has 0 saturated carbocycles. The Balaban J connectivity index is 2.33. The summed E-state index contributed by atoms with van der Waals surface area (Å²) in [6.45, 7) is 7.57. The molecule has 0 aromatic heterocycles. The molecule has 0 aromatic carbocycles. The van der Waals surface area contributed by atoms with Crippen LogP contribution in [0.15, 0.2) is 0 Å². The summed E-state index contributed by atoms with van der Waals surface area (Å²) in [5.74, 6) is -0.131. The van der Waals surface area contributed by atoms with E-state index in [9.17, 15) is 9.59 Å². The molecule has 0 aromatic rings. The lowest BCUT2D eigenvalue weighted by Crippen LogP contribution is -2.40. The predicted molar refractivity (Wildman–Crippen MR) is 61.0 cm³/mol. The van der Waals surface area contributed by atoms with Gasteiger partial charge >= 0.3 is 0 Å². The van der Waals surface area contributed by atoms with Gasteiger partial charge in [0.25, 0.3) is 0 Å². The number of rotatable bonds is 3. The standard InChI is InChI=1S/C12H21NO3/c1-8-5-6-9(16-8)11(15)13-7-10(14)12(2,3)4/h8-9H,5-7H2,1-4H3,(H,13,15). The third-order valence-corrected chi connectivity index (χ3v) is 2.78. The van der Waals surface area contributed by atoms with E-state index in [1.54, 1.807) is 0 Å². The summed E-state index contributed by atoms with van der Waals surface area (Å²) in [5.41, 5.74) is -0.406. The van der Waals surface area contributed by atoms with E-state index in [0.29, 0.717) is 0 Å². The minimum atomic E-state index is -0.406. The van der Waals surface area contributed by atoms with Crippen LogP contribution in [0.4, 0.5) is 0 Å². The van der Waals surface area contributed by atoms with Crippen molar-refractivity contribution >= 4 is 11.7 Å². The zero-order valence-electron chi connectivity index (χ0n) is 10.5. The van der Waals surface area contributed by atoms with Crippen LogP contribution in [-0.2, 0) is 14.3 Å². The van der Waals surface area contributed by atoms with E-state index in [4.69, 9.17) is 4.74 Å². The van der Waals surface area contributed by atoms with Gasteiger partial charge in [0.1, 0.15) is 6.10 Å². The molecule has 4 nitrogen and oxygen atoms in total. The smallest absolute Gasteiger partial charge is 0.249 e. The van der Waals surface area contributed by atoms with Gasteiger partial charge in [-0.25, -0.2) is 0 Å². The number of amides is 1. The maximum atomic E-state index is 11.6. The Labute approximate surface area is 96.7 Å². The van der Waals surface area contributed by atoms with Gasteiger partial charge in [0.2, 0.25) is 5.91 Å². The Hall–Kier alpha value is -0.900. The monoisotopic (exact) mass is 227 g/mol. The van der Waals surface area contributed by atoms with Crippen LogP contribution in [-0.4, -0.2) is 30.4 Å². The molecule has 1 aliphatic heterocycles. The number of hydrogen-bond donors (Lipinski definition) is 1. The van der Waals surface area contributed by atoms with E-state index in [-0.39, 0.29) is 30.4 Å². The maximum absolute atomic E-state index is 11.6. The summed E-state index contributed by atoms with van der Waals surface area (Å²) in [7, 11) is 0. The summed E-state index contributed by atoms with van der Waals surface area (Å²) in [4.78, 5) is 23.2. The van der Waals surface area contributed by atoms with Crippen molar-refractivity contribution in [2.45, 2.75) is 52.7 Å². The average Bonchev–Trinajstić information content (AvgIpc) is 2.59. The van der Waals surface area contributed by atoms with Gasteiger partial charge in [0, 0.05) is 5.41 Å². The summed E-state index contributed by atoms with van der Waals surface area (Å²) in [6, 6.07) is 0. The second-order valence-corrected chi connectivity index (χ2v) is 5.40. The normalized spacial score (nSPS) is 25.5. The first-order valence-corrected chi connectivity index (χ1v) is 5.77. The fraction of sp³-hybridized carbons (Fsp3) is 0.833. The number of carbonyl (C=O) groups excluding carboxylic acids is 2. The van der Waals surface area contributed by atoms with Gasteiger partial charge in [-0.2, -0.15) is 0 Å². The SMILES string of the molecule is CC1CCC(C(=O)NCC(=O)C(C)(C)C)O1. The van der Waals surface area contributed by atoms with E-state index < -0.39 is 5.41 Å². The lowest BCUT2D eigenvalue weighted by Gasteiger charge is -2.18. The Morgan fingerprint density at radius 3 is 2.38 bits per heavy atom. The Morgan fingerprint density at radius 2 is 1.94 bits per heavy atom. The molecule has 0 spiro atoms. The molecule has 0 bridgehead atoms. The van der Waals surface area contributed by atoms with E-state index in [1.807, 2.05) is 27.7 Å². The highest BCUT2D eigenvalue weighted by Gasteiger charge is 2.29. The highest BCUT2D eigenvalue weighted by molar-refractivity contribution is 5.90. The van der Waals surface area contributed by atoms with Gasteiger partial charge in [-0.3, -0.25) is 9.59 Å². The van der Waals surface area contributed by atoms with Crippen LogP contribution in [0.2, 0.25) is 0 Å². The molecular weight excluding hydrogens is 206 g/mol. The topological polar surface area (TPSA) is 55.4 Å². The molecule has 2 unspecified atom stereocenters. The van der Waals surface area contributed by atoms with Crippen molar-refractivity contribution in [1.82, 2.24) is 5.32 Å². The largest absolute Gasteiger partial charge is 0.365 e. The number of ether oxygens (including phenoxy) is 1. The van der Waals surface area contributed by atoms with Crippen LogP contribution >= 0.6 is 0 Å². The second kappa shape index (κ2) is 4.95. The fourth-order valence-corrected chi connectivity index (χ4v) is 1.54. The molecule has 1 N–H and O–H groups in total. The molecular formula is C12H21NO3. The van der Waals surface area contributed by atoms with E-state index in [0.717, 1.165) is 12.8 Å². The van der Waals surface area contributed by atoms with Crippen LogP contribution in [0.5, 0.6) is 0 Å². The van der Waals surface area contributed by atoms with Crippen molar-refractivity contribution < 1.29 is 14.3 Å². The predicted octanol–water partition coefficient (Wildman–Crippen LogP) is 1.29. The second-order valence-electron chi connectivity index (χ2n) is 5.40. The van der Waals surface area contributed by atoms with E-state index in [2.05, 4.69) is 5.32 Å². The quantitative estimate of drug-likeness (QED) is 0.790. The highest BCUT2D eigenvalue weighted by Crippen LogP contribution is 2.19. The molecule has 92 valence electrons. The molecule has 4 heteroatoms. The molecule has 1 rings (SSSR count). The zero-order chi connectivity index (χ0) is 12.3. The highest BCUT2D eigenvalue weighted by atomic mass is 16.5. The lowest BCUT2D eigenvalue weighted by atomic mass is 9.91. The van der Waals surface area contributed by atoms with Crippen molar-refractivity contribution in [3.63, 3.8) is 0 Å². The van der Waals surface area contributed by atoms with Crippen LogP contribution < -0.4 is 5.32 Å². The first-order chi connectivity index (χ1) is 7.30. The minimum Gasteiger partial charge on any atom is -0.365 e. The van der Waals surface area contributed by atoms with Crippen molar-refractivity contribution in [3.8, 4) is 0 Å². The number of hydrogen-bond acceptors (Lipinski definition) is 3. The fourth-order valence-electron chi connectivity index (χ4n) is 1.54. The van der Waals surface area contributed by atoms with E-state index >= 15 is 0 Å². The maximum Gasteiger partial charge on any atom is 0.249 e. The van der Waals surface area contributed by atoms with Gasteiger partial charge < -0.3 is 10.1 Å².